The number of carbonyl (C=O) groups is 1. The maximum absolute atomic E-state index is 11.8. The normalized spacial score (nSPS) is 17.4. The van der Waals surface area contributed by atoms with E-state index in [2.05, 4.69) is 63.7 Å². The molecule has 8 heteroatoms. The van der Waals surface area contributed by atoms with Crippen molar-refractivity contribution in [1.82, 2.24) is 30.0 Å². The molecule has 0 aliphatic heterocycles. The number of nitrogens with zero attached hydrogens (tertiary/aromatic N) is 4. The van der Waals surface area contributed by atoms with Gasteiger partial charge < -0.3 is 16.4 Å². The maximum Gasteiger partial charge on any atom is 0.314 e. The number of anilines is 1. The number of carbonyl (C=O) groups excluding carboxylic acids is 1. The van der Waals surface area contributed by atoms with Gasteiger partial charge in [0.05, 0.1) is 23.1 Å². The lowest BCUT2D eigenvalue weighted by atomic mass is 9.81. The van der Waals surface area contributed by atoms with Crippen LogP contribution >= 0.6 is 0 Å². The topological polar surface area (TPSA) is 110 Å². The monoisotopic (exact) mass is 519 g/mol. The molecule has 6 rings (SSSR count). The fourth-order valence-electron chi connectivity index (χ4n) is 5.61. The molecule has 1 aliphatic carbocycles. The Bertz CT molecular complexity index is 1620. The van der Waals surface area contributed by atoms with Crippen molar-refractivity contribution in [2.24, 2.45) is 5.92 Å². The Morgan fingerprint density at radius 3 is 2.54 bits per heavy atom. The molecule has 8 nitrogen and oxygen atoms in total. The van der Waals surface area contributed by atoms with Crippen LogP contribution in [0.15, 0.2) is 73.1 Å². The lowest BCUT2D eigenvalue weighted by molar-refractivity contribution is 0.235. The third-order valence-corrected chi connectivity index (χ3v) is 7.74. The second-order valence-corrected chi connectivity index (χ2v) is 10.3. The van der Waals surface area contributed by atoms with E-state index in [4.69, 9.17) is 20.7 Å². The van der Waals surface area contributed by atoms with E-state index in [0.717, 1.165) is 70.4 Å². The summed E-state index contributed by atoms with van der Waals surface area (Å²) in [5.74, 6) is 2.33. The van der Waals surface area contributed by atoms with Gasteiger partial charge in [0.25, 0.3) is 0 Å². The minimum atomic E-state index is -0.0884. The summed E-state index contributed by atoms with van der Waals surface area (Å²) < 4.78 is 2.12. The fraction of sp³-hybridized carbons (Fsp3) is 0.290. The number of hydrogen-bond donors (Lipinski definition) is 3. The number of rotatable bonds is 6. The summed E-state index contributed by atoms with van der Waals surface area (Å²) in [5.41, 5.74) is 12.0. The molecule has 5 aromatic rings. The molecule has 0 saturated heterocycles. The maximum atomic E-state index is 11.8. The van der Waals surface area contributed by atoms with E-state index in [0.29, 0.717) is 30.7 Å². The van der Waals surface area contributed by atoms with Gasteiger partial charge >= 0.3 is 6.03 Å². The molecule has 2 amide bonds. The van der Waals surface area contributed by atoms with E-state index < -0.39 is 0 Å². The smallest absolute Gasteiger partial charge is 0.314 e. The van der Waals surface area contributed by atoms with Crippen LogP contribution < -0.4 is 16.4 Å². The number of benzene rings is 2. The molecule has 39 heavy (non-hydrogen) atoms. The summed E-state index contributed by atoms with van der Waals surface area (Å²) in [4.78, 5) is 26.2. The van der Waals surface area contributed by atoms with Gasteiger partial charge in [-0.25, -0.2) is 19.7 Å². The highest BCUT2D eigenvalue weighted by Gasteiger charge is 2.26. The molecule has 0 unspecified atom stereocenters. The van der Waals surface area contributed by atoms with Gasteiger partial charge in [-0.2, -0.15) is 0 Å². The minimum Gasteiger partial charge on any atom is -0.382 e. The summed E-state index contributed by atoms with van der Waals surface area (Å²) >= 11 is 0. The summed E-state index contributed by atoms with van der Waals surface area (Å²) in [7, 11) is 0. The predicted molar refractivity (Wildman–Crippen MR) is 155 cm³/mol. The van der Waals surface area contributed by atoms with Crippen molar-refractivity contribution in [3.8, 4) is 22.5 Å². The Morgan fingerprint density at radius 2 is 1.74 bits per heavy atom. The summed E-state index contributed by atoms with van der Waals surface area (Å²) in [6.07, 6.45) is 8.05. The molecule has 1 aliphatic rings. The lowest BCUT2D eigenvalue weighted by Crippen LogP contribution is -2.38. The zero-order valence-electron chi connectivity index (χ0n) is 22.1. The van der Waals surface area contributed by atoms with E-state index in [1.165, 1.54) is 0 Å². The first-order chi connectivity index (χ1) is 19.1. The average Bonchev–Trinajstić information content (AvgIpc) is 3.41. The largest absolute Gasteiger partial charge is 0.382 e. The van der Waals surface area contributed by atoms with Crippen molar-refractivity contribution in [3.63, 3.8) is 0 Å². The molecule has 0 bridgehead atoms. The first-order valence-electron chi connectivity index (χ1n) is 13.7. The molecule has 198 valence electrons. The number of aromatic nitrogens is 4. The van der Waals surface area contributed by atoms with Crippen LogP contribution in [0.2, 0.25) is 0 Å². The van der Waals surface area contributed by atoms with Gasteiger partial charge in [-0.15, -0.1) is 0 Å². The quantitative estimate of drug-likeness (QED) is 0.263. The molecule has 1 fully saturated rings. The van der Waals surface area contributed by atoms with Gasteiger partial charge in [-0.3, -0.25) is 4.40 Å². The van der Waals surface area contributed by atoms with E-state index in [-0.39, 0.29) is 6.03 Å². The first-order valence-corrected chi connectivity index (χ1v) is 13.7. The zero-order chi connectivity index (χ0) is 26.8. The lowest BCUT2D eigenvalue weighted by Gasteiger charge is -2.28. The zero-order valence-corrected chi connectivity index (χ0v) is 22.1. The number of nitrogens with one attached hydrogen (secondary N) is 2. The fourth-order valence-corrected chi connectivity index (χ4v) is 5.61. The SMILES string of the molecule is CCNC(=O)NC[C@H]1CC[C@H](c2ncc3c(N)nc(-c4ccc5ccc(-c6ccccc6)nc5c4)cn32)CC1. The number of nitrogens with two attached hydrogens (primary N) is 1. The van der Waals surface area contributed by atoms with Crippen LogP contribution in [0.4, 0.5) is 10.6 Å². The van der Waals surface area contributed by atoms with Gasteiger partial charge in [0.2, 0.25) is 0 Å². The van der Waals surface area contributed by atoms with E-state index >= 15 is 0 Å². The molecular weight excluding hydrogens is 486 g/mol. The highest BCUT2D eigenvalue weighted by atomic mass is 16.2. The molecule has 0 radical (unpaired) electrons. The van der Waals surface area contributed by atoms with Crippen LogP contribution in [0.3, 0.4) is 0 Å². The third-order valence-electron chi connectivity index (χ3n) is 7.74. The van der Waals surface area contributed by atoms with Crippen LogP contribution in [0.25, 0.3) is 38.9 Å². The number of nitrogen functional groups attached to an aromatic ring is 1. The Balaban J connectivity index is 1.26. The van der Waals surface area contributed by atoms with Gasteiger partial charge in [-0.05, 0) is 50.7 Å². The first kappa shape index (κ1) is 24.9. The Hall–Kier alpha value is -4.46. The highest BCUT2D eigenvalue weighted by molar-refractivity contribution is 5.86. The van der Waals surface area contributed by atoms with Gasteiger partial charge in [0.1, 0.15) is 17.2 Å². The number of amides is 2. The van der Waals surface area contributed by atoms with E-state index in [1.54, 1.807) is 0 Å². The summed E-state index contributed by atoms with van der Waals surface area (Å²) in [6, 6.07) is 20.5. The molecule has 4 N–H and O–H groups in total. The molecular formula is C31H33N7O. The van der Waals surface area contributed by atoms with Crippen LogP contribution in [0.1, 0.15) is 44.3 Å². The van der Waals surface area contributed by atoms with Crippen molar-refractivity contribution in [3.05, 3.63) is 78.9 Å². The molecule has 1 saturated carbocycles. The standard InChI is InChI=1S/C31H33N7O/c1-2-33-31(39)35-17-20-8-10-23(11-9-20)30-34-18-28-29(32)37-27(19-38(28)30)24-13-12-22-14-15-25(36-26(22)16-24)21-6-4-3-5-7-21/h3-7,12-16,18-20,23H,2,8-11,17H2,1H3,(H2,32,37)(H2,33,35,39)/t20-,23-. The van der Waals surface area contributed by atoms with Gasteiger partial charge in [0, 0.05) is 41.7 Å². The van der Waals surface area contributed by atoms with Gasteiger partial charge in [-0.1, -0.05) is 48.5 Å². The summed E-state index contributed by atoms with van der Waals surface area (Å²) in [5, 5.41) is 6.86. The minimum absolute atomic E-state index is 0.0884. The van der Waals surface area contributed by atoms with Crippen molar-refractivity contribution >= 4 is 28.3 Å². The number of fused-ring (bicyclic) bond motifs is 2. The molecule has 3 aromatic heterocycles. The second-order valence-electron chi connectivity index (χ2n) is 10.3. The Labute approximate surface area is 227 Å². The average molecular weight is 520 g/mol. The van der Waals surface area contributed by atoms with Crippen LogP contribution in [0.5, 0.6) is 0 Å². The molecule has 3 heterocycles. The number of hydrogen-bond acceptors (Lipinski definition) is 5. The van der Waals surface area contributed by atoms with Crippen molar-refractivity contribution in [2.75, 3.05) is 18.8 Å². The molecule has 0 spiro atoms. The van der Waals surface area contributed by atoms with E-state index in [9.17, 15) is 4.79 Å². The Morgan fingerprint density at radius 1 is 0.949 bits per heavy atom. The second kappa shape index (κ2) is 10.7. The molecule has 0 atom stereocenters. The number of imidazole rings is 1. The highest BCUT2D eigenvalue weighted by Crippen LogP contribution is 2.36. The van der Waals surface area contributed by atoms with Crippen molar-refractivity contribution in [2.45, 2.75) is 38.5 Å². The number of urea groups is 1. The summed E-state index contributed by atoms with van der Waals surface area (Å²) in [6.45, 7) is 3.27. The van der Waals surface area contributed by atoms with Gasteiger partial charge in [0.15, 0.2) is 0 Å². The Kier molecular flexibility index (Phi) is 6.84. The van der Waals surface area contributed by atoms with E-state index in [1.807, 2.05) is 31.3 Å². The van der Waals surface area contributed by atoms with Crippen molar-refractivity contribution in [1.29, 1.82) is 0 Å². The van der Waals surface area contributed by atoms with Crippen molar-refractivity contribution < 1.29 is 4.79 Å². The third kappa shape index (κ3) is 5.14. The van der Waals surface area contributed by atoms with Crippen LogP contribution in [-0.2, 0) is 0 Å². The predicted octanol–water partition coefficient (Wildman–Crippen LogP) is 5.79. The van der Waals surface area contributed by atoms with Crippen LogP contribution in [-0.4, -0.2) is 38.5 Å². The molecule has 2 aromatic carbocycles. The number of pyridine rings is 1. The van der Waals surface area contributed by atoms with Crippen LogP contribution in [0, 0.1) is 5.92 Å².